The van der Waals surface area contributed by atoms with E-state index in [9.17, 15) is 9.59 Å². The van der Waals surface area contributed by atoms with Gasteiger partial charge in [0.1, 0.15) is 4.32 Å². The van der Waals surface area contributed by atoms with E-state index in [0.717, 1.165) is 37.4 Å². The lowest BCUT2D eigenvalue weighted by Gasteiger charge is -2.31. The van der Waals surface area contributed by atoms with Crippen molar-refractivity contribution in [3.8, 4) is 0 Å². The fourth-order valence-electron chi connectivity index (χ4n) is 3.15. The summed E-state index contributed by atoms with van der Waals surface area (Å²) in [5, 5.41) is 0. The van der Waals surface area contributed by atoms with Crippen molar-refractivity contribution in [1.29, 1.82) is 0 Å². The third-order valence-electron chi connectivity index (χ3n) is 4.92. The van der Waals surface area contributed by atoms with Crippen molar-refractivity contribution < 1.29 is 9.59 Å². The van der Waals surface area contributed by atoms with Crippen LogP contribution in [0.4, 0.5) is 0 Å². The number of likely N-dealkylation sites (N-methyl/N-ethyl adjacent to an activating group) is 1. The van der Waals surface area contributed by atoms with Crippen LogP contribution in [0.1, 0.15) is 42.1 Å². The molecule has 1 aromatic carbocycles. The van der Waals surface area contributed by atoms with Gasteiger partial charge in [-0.2, -0.15) is 0 Å². The minimum Gasteiger partial charge on any atom is -0.339 e. The fourth-order valence-corrected chi connectivity index (χ4v) is 4.33. The van der Waals surface area contributed by atoms with Crippen LogP contribution < -0.4 is 0 Å². The zero-order chi connectivity index (χ0) is 18.0. The van der Waals surface area contributed by atoms with E-state index >= 15 is 0 Å². The highest BCUT2D eigenvalue weighted by Crippen LogP contribution is 2.31. The van der Waals surface area contributed by atoms with Crippen molar-refractivity contribution in [2.75, 3.05) is 20.1 Å². The molecule has 0 radical (unpaired) electrons. The Kier molecular flexibility index (Phi) is 5.59. The van der Waals surface area contributed by atoms with Gasteiger partial charge in [-0.05, 0) is 42.5 Å². The highest BCUT2D eigenvalue weighted by Gasteiger charge is 2.28. The van der Waals surface area contributed by atoms with Crippen LogP contribution in [0, 0.1) is 5.92 Å². The summed E-state index contributed by atoms with van der Waals surface area (Å²) >= 11 is 6.44. The number of hydrogen-bond acceptors (Lipinski definition) is 4. The van der Waals surface area contributed by atoms with Gasteiger partial charge in [-0.1, -0.05) is 49.5 Å². The first-order chi connectivity index (χ1) is 12.0. The molecule has 2 heterocycles. The maximum absolute atomic E-state index is 12.6. The maximum Gasteiger partial charge on any atom is 0.265 e. The van der Waals surface area contributed by atoms with Crippen LogP contribution in [0.5, 0.6) is 0 Å². The predicted molar refractivity (Wildman–Crippen MR) is 106 cm³/mol. The third kappa shape index (κ3) is 3.96. The van der Waals surface area contributed by atoms with Crippen molar-refractivity contribution in [3.05, 3.63) is 40.3 Å². The van der Waals surface area contributed by atoms with Gasteiger partial charge in [0.2, 0.25) is 0 Å². The molecule has 2 aliphatic heterocycles. The Morgan fingerprint density at radius 1 is 1.28 bits per heavy atom. The molecule has 0 saturated carbocycles. The normalized spacial score (nSPS) is 20.6. The topological polar surface area (TPSA) is 40.6 Å². The van der Waals surface area contributed by atoms with E-state index in [0.29, 0.717) is 14.8 Å². The number of carbonyl (C=O) groups excluding carboxylic acids is 2. The zero-order valence-corrected chi connectivity index (χ0v) is 16.2. The second kappa shape index (κ2) is 7.70. The van der Waals surface area contributed by atoms with Gasteiger partial charge in [0.25, 0.3) is 11.8 Å². The number of likely N-dealkylation sites (tertiary alicyclic amines) is 1. The maximum atomic E-state index is 12.6. The van der Waals surface area contributed by atoms with E-state index in [1.54, 1.807) is 7.05 Å². The lowest BCUT2D eigenvalue weighted by Crippen LogP contribution is -2.38. The van der Waals surface area contributed by atoms with Gasteiger partial charge in [0, 0.05) is 25.7 Å². The van der Waals surface area contributed by atoms with Gasteiger partial charge in [-0.3, -0.25) is 14.5 Å². The fraction of sp³-hybridized carbons (Fsp3) is 0.421. The summed E-state index contributed by atoms with van der Waals surface area (Å²) in [7, 11) is 1.68. The van der Waals surface area contributed by atoms with Crippen molar-refractivity contribution in [1.82, 2.24) is 9.80 Å². The minimum absolute atomic E-state index is 0.0750. The Hall–Kier alpha value is -1.66. The first-order valence-electron chi connectivity index (χ1n) is 8.60. The van der Waals surface area contributed by atoms with Gasteiger partial charge < -0.3 is 4.90 Å². The van der Waals surface area contributed by atoms with E-state index < -0.39 is 0 Å². The van der Waals surface area contributed by atoms with Crippen molar-refractivity contribution in [2.45, 2.75) is 26.2 Å². The van der Waals surface area contributed by atoms with Crippen molar-refractivity contribution in [3.63, 3.8) is 0 Å². The van der Waals surface area contributed by atoms with Gasteiger partial charge in [-0.25, -0.2) is 0 Å². The lowest BCUT2D eigenvalue weighted by molar-refractivity contribution is -0.121. The van der Waals surface area contributed by atoms with Crippen LogP contribution in [0.2, 0.25) is 0 Å². The smallest absolute Gasteiger partial charge is 0.265 e. The molecule has 0 aliphatic carbocycles. The molecule has 0 bridgehead atoms. The summed E-state index contributed by atoms with van der Waals surface area (Å²) in [6.07, 6.45) is 5.21. The molecule has 4 nitrogen and oxygen atoms in total. The highest BCUT2D eigenvalue weighted by molar-refractivity contribution is 8.26. The van der Waals surface area contributed by atoms with Crippen LogP contribution in [0.15, 0.2) is 29.2 Å². The van der Waals surface area contributed by atoms with Crippen LogP contribution in [-0.4, -0.2) is 46.1 Å². The quantitative estimate of drug-likeness (QED) is 0.596. The molecule has 2 saturated heterocycles. The molecule has 0 aromatic heterocycles. The Morgan fingerprint density at radius 2 is 1.92 bits per heavy atom. The standard InChI is InChI=1S/C19H22N2O2S2/c1-3-13-8-10-21(11-9-13)17(22)15-6-4-14(5-7-15)12-16-18(23)20(2)19(24)25-16/h4-7,12-13H,3,8-11H2,1-2H3. The molecule has 1 aromatic rings. The van der Waals surface area contributed by atoms with Crippen LogP contribution in [-0.2, 0) is 4.79 Å². The Bertz CT molecular complexity index is 719. The molecular weight excluding hydrogens is 352 g/mol. The average Bonchev–Trinajstić information content (AvgIpc) is 2.88. The molecule has 6 heteroatoms. The molecule has 25 heavy (non-hydrogen) atoms. The number of benzene rings is 1. The number of thioether (sulfide) groups is 1. The molecule has 3 rings (SSSR count). The molecule has 2 fully saturated rings. The molecule has 132 valence electrons. The van der Waals surface area contributed by atoms with Gasteiger partial charge >= 0.3 is 0 Å². The number of amides is 2. The summed E-state index contributed by atoms with van der Waals surface area (Å²) < 4.78 is 0.568. The van der Waals surface area contributed by atoms with E-state index in [-0.39, 0.29) is 11.8 Å². The SMILES string of the molecule is CCC1CCN(C(=O)c2ccc(C=C3SC(=S)N(C)C3=O)cc2)CC1. The van der Waals surface area contributed by atoms with E-state index in [1.165, 1.54) is 23.1 Å². The molecule has 0 unspecified atom stereocenters. The van der Waals surface area contributed by atoms with Crippen molar-refractivity contribution in [2.24, 2.45) is 5.92 Å². The largest absolute Gasteiger partial charge is 0.339 e. The number of piperidine rings is 1. The second-order valence-electron chi connectivity index (χ2n) is 6.51. The van der Waals surface area contributed by atoms with E-state index in [2.05, 4.69) is 6.92 Å². The number of nitrogens with zero attached hydrogens (tertiary/aromatic N) is 2. The molecule has 2 aliphatic rings. The molecule has 0 spiro atoms. The van der Waals surface area contributed by atoms with E-state index in [4.69, 9.17) is 12.2 Å². The van der Waals surface area contributed by atoms with Crippen LogP contribution in [0.25, 0.3) is 6.08 Å². The van der Waals surface area contributed by atoms with Gasteiger partial charge in [0.15, 0.2) is 0 Å². The summed E-state index contributed by atoms with van der Waals surface area (Å²) in [6, 6.07) is 7.45. The van der Waals surface area contributed by atoms with Crippen LogP contribution >= 0.6 is 24.0 Å². The summed E-state index contributed by atoms with van der Waals surface area (Å²) in [5.41, 5.74) is 1.60. The van der Waals surface area contributed by atoms with Crippen molar-refractivity contribution >= 4 is 46.2 Å². The number of hydrogen-bond donors (Lipinski definition) is 0. The van der Waals surface area contributed by atoms with Gasteiger partial charge in [0.05, 0.1) is 4.91 Å². The molecule has 0 atom stereocenters. The van der Waals surface area contributed by atoms with Crippen LogP contribution in [0.3, 0.4) is 0 Å². The molecule has 0 N–H and O–H groups in total. The Morgan fingerprint density at radius 3 is 2.44 bits per heavy atom. The first-order valence-corrected chi connectivity index (χ1v) is 9.83. The average molecular weight is 375 g/mol. The lowest BCUT2D eigenvalue weighted by atomic mass is 9.94. The summed E-state index contributed by atoms with van der Waals surface area (Å²) in [6.45, 7) is 3.91. The minimum atomic E-state index is -0.0750. The third-order valence-corrected chi connectivity index (χ3v) is 6.41. The Balaban J connectivity index is 1.67. The number of rotatable bonds is 3. The summed E-state index contributed by atoms with van der Waals surface area (Å²) in [4.78, 5) is 28.7. The van der Waals surface area contributed by atoms with E-state index in [1.807, 2.05) is 35.2 Å². The first kappa shape index (κ1) is 18.1. The molecule has 2 amide bonds. The van der Waals surface area contributed by atoms with Gasteiger partial charge in [-0.15, -0.1) is 0 Å². The Labute approximate surface area is 158 Å². The highest BCUT2D eigenvalue weighted by atomic mass is 32.2. The number of thiocarbonyl (C=S) groups is 1. The molecular formula is C19H22N2O2S2. The monoisotopic (exact) mass is 374 g/mol. The second-order valence-corrected chi connectivity index (χ2v) is 8.18. The zero-order valence-electron chi connectivity index (χ0n) is 14.5. The number of carbonyl (C=O) groups is 2. The predicted octanol–water partition coefficient (Wildman–Crippen LogP) is 3.78. The summed E-state index contributed by atoms with van der Waals surface area (Å²) in [5.74, 6) is 0.777.